The molecule has 172 valence electrons. The molecule has 3 rings (SSSR count). The van der Waals surface area contributed by atoms with E-state index in [0.29, 0.717) is 21.5 Å². The van der Waals surface area contributed by atoms with E-state index in [1.165, 1.54) is 0 Å². The first-order valence-corrected chi connectivity index (χ1v) is 11.6. The number of benzene rings is 2. The standard InChI is InChI=1S/C23H21BrN2O6S/c1-14(2)32-21(28)12-26-22(29)19(33-23(26)30)11-15-8-9-18(17(24)10-15)31-13-20(27)25-16-6-4-3-5-7-16/h3-11,14H,12-13H2,1-2H3,(H,25,27)/b19-11-. The number of carbonyl (C=O) groups is 4. The minimum absolute atomic E-state index is 0.182. The SMILES string of the molecule is CC(C)OC(=O)CN1C(=O)S/C(=C\c2ccc(OCC(=O)Nc3ccccc3)c(Br)c2)C1=O. The molecule has 0 bridgehead atoms. The number of carbonyl (C=O) groups excluding carboxylic acids is 4. The van der Waals surface area contributed by atoms with Crippen LogP contribution in [-0.4, -0.2) is 47.2 Å². The number of thioether (sulfide) groups is 1. The van der Waals surface area contributed by atoms with Crippen LogP contribution < -0.4 is 10.1 Å². The molecule has 1 fully saturated rings. The average Bonchev–Trinajstić information content (AvgIpc) is 3.00. The van der Waals surface area contributed by atoms with Gasteiger partial charge in [-0.3, -0.25) is 24.1 Å². The lowest BCUT2D eigenvalue weighted by Crippen LogP contribution is -2.35. The summed E-state index contributed by atoms with van der Waals surface area (Å²) in [5.74, 6) is -1.06. The van der Waals surface area contributed by atoms with E-state index in [1.807, 2.05) is 18.2 Å². The molecule has 1 N–H and O–H groups in total. The summed E-state index contributed by atoms with van der Waals surface area (Å²) in [5.41, 5.74) is 1.31. The predicted molar refractivity (Wildman–Crippen MR) is 129 cm³/mol. The molecule has 10 heteroatoms. The molecule has 0 radical (unpaired) electrons. The summed E-state index contributed by atoms with van der Waals surface area (Å²) in [4.78, 5) is 49.6. The van der Waals surface area contributed by atoms with Gasteiger partial charge in [0.1, 0.15) is 12.3 Å². The van der Waals surface area contributed by atoms with Gasteiger partial charge in [0.15, 0.2) is 6.61 Å². The molecule has 33 heavy (non-hydrogen) atoms. The summed E-state index contributed by atoms with van der Waals surface area (Å²) in [7, 11) is 0. The number of halogens is 1. The zero-order valence-electron chi connectivity index (χ0n) is 17.9. The lowest BCUT2D eigenvalue weighted by molar-refractivity contribution is -0.149. The first-order chi connectivity index (χ1) is 15.7. The smallest absolute Gasteiger partial charge is 0.326 e. The highest BCUT2D eigenvalue weighted by Crippen LogP contribution is 2.33. The van der Waals surface area contributed by atoms with Gasteiger partial charge in [0.05, 0.1) is 15.5 Å². The summed E-state index contributed by atoms with van der Waals surface area (Å²) in [6.45, 7) is 2.76. The van der Waals surface area contributed by atoms with E-state index in [-0.39, 0.29) is 23.5 Å². The fourth-order valence-electron chi connectivity index (χ4n) is 2.80. The predicted octanol–water partition coefficient (Wildman–Crippen LogP) is 4.45. The van der Waals surface area contributed by atoms with Crippen molar-refractivity contribution in [2.45, 2.75) is 20.0 Å². The molecule has 0 unspecified atom stereocenters. The molecule has 0 aliphatic carbocycles. The van der Waals surface area contributed by atoms with Crippen molar-refractivity contribution in [3.05, 3.63) is 63.5 Å². The highest BCUT2D eigenvalue weighted by molar-refractivity contribution is 9.10. The molecule has 8 nitrogen and oxygen atoms in total. The van der Waals surface area contributed by atoms with Gasteiger partial charge in [0.2, 0.25) is 0 Å². The Morgan fingerprint density at radius 3 is 2.55 bits per heavy atom. The number of nitrogens with zero attached hydrogens (tertiary/aromatic N) is 1. The van der Waals surface area contributed by atoms with Crippen LogP contribution in [-0.2, 0) is 19.1 Å². The number of rotatable bonds is 8. The lowest BCUT2D eigenvalue weighted by atomic mass is 10.2. The molecule has 2 aromatic rings. The van der Waals surface area contributed by atoms with Crippen LogP contribution in [0.4, 0.5) is 10.5 Å². The van der Waals surface area contributed by atoms with E-state index < -0.39 is 23.7 Å². The lowest BCUT2D eigenvalue weighted by Gasteiger charge is -2.13. The Hall–Kier alpha value is -3.11. The molecule has 0 atom stereocenters. The zero-order chi connectivity index (χ0) is 24.0. The van der Waals surface area contributed by atoms with Crippen LogP contribution >= 0.6 is 27.7 Å². The largest absolute Gasteiger partial charge is 0.483 e. The van der Waals surface area contributed by atoms with Gasteiger partial charge in [-0.15, -0.1) is 0 Å². The topological polar surface area (TPSA) is 102 Å². The van der Waals surface area contributed by atoms with Crippen molar-refractivity contribution in [3.63, 3.8) is 0 Å². The molecule has 2 aromatic carbocycles. The van der Waals surface area contributed by atoms with Gasteiger partial charge in [-0.2, -0.15) is 0 Å². The molecule has 0 aromatic heterocycles. The van der Waals surface area contributed by atoms with Crippen molar-refractivity contribution in [1.82, 2.24) is 4.90 Å². The van der Waals surface area contributed by atoms with Crippen LogP contribution in [0, 0.1) is 0 Å². The number of hydrogen-bond acceptors (Lipinski definition) is 7. The number of para-hydroxylation sites is 1. The fourth-order valence-corrected chi connectivity index (χ4v) is 4.15. The third kappa shape index (κ3) is 6.93. The third-order valence-electron chi connectivity index (χ3n) is 4.20. The number of esters is 1. The monoisotopic (exact) mass is 532 g/mol. The summed E-state index contributed by atoms with van der Waals surface area (Å²) >= 11 is 4.15. The molecular formula is C23H21BrN2O6S. The number of nitrogens with one attached hydrogen (secondary N) is 1. The van der Waals surface area contributed by atoms with Gasteiger partial charge >= 0.3 is 5.97 Å². The Morgan fingerprint density at radius 2 is 1.88 bits per heavy atom. The Morgan fingerprint density at radius 1 is 1.15 bits per heavy atom. The first-order valence-electron chi connectivity index (χ1n) is 9.95. The highest BCUT2D eigenvalue weighted by Gasteiger charge is 2.36. The third-order valence-corrected chi connectivity index (χ3v) is 5.73. The van der Waals surface area contributed by atoms with Crippen LogP contribution in [0.15, 0.2) is 57.9 Å². The van der Waals surface area contributed by atoms with Crippen molar-refractivity contribution in [2.24, 2.45) is 0 Å². The summed E-state index contributed by atoms with van der Waals surface area (Å²) in [6, 6.07) is 14.1. The summed E-state index contributed by atoms with van der Waals surface area (Å²) < 4.78 is 11.1. The van der Waals surface area contributed by atoms with Crippen LogP contribution in [0.2, 0.25) is 0 Å². The van der Waals surface area contributed by atoms with E-state index in [1.54, 1.807) is 50.3 Å². The molecule has 1 aliphatic rings. The number of hydrogen-bond donors (Lipinski definition) is 1. The Balaban J connectivity index is 1.61. The molecular weight excluding hydrogens is 512 g/mol. The van der Waals surface area contributed by atoms with Crippen LogP contribution in [0.25, 0.3) is 6.08 Å². The molecule has 1 saturated heterocycles. The van der Waals surface area contributed by atoms with Crippen molar-refractivity contribution < 1.29 is 28.7 Å². The van der Waals surface area contributed by atoms with Crippen molar-refractivity contribution in [2.75, 3.05) is 18.5 Å². The molecule has 1 aliphatic heterocycles. The number of amides is 3. The van der Waals surface area contributed by atoms with Crippen molar-refractivity contribution in [3.8, 4) is 5.75 Å². The maximum Gasteiger partial charge on any atom is 0.326 e. The van der Waals surface area contributed by atoms with Crippen molar-refractivity contribution in [1.29, 1.82) is 0 Å². The zero-order valence-corrected chi connectivity index (χ0v) is 20.3. The quantitative estimate of drug-likeness (QED) is 0.395. The van der Waals surface area contributed by atoms with E-state index >= 15 is 0 Å². The second-order valence-electron chi connectivity index (χ2n) is 7.20. The van der Waals surface area contributed by atoms with Gasteiger partial charge in [-0.25, -0.2) is 0 Å². The van der Waals surface area contributed by atoms with E-state index in [9.17, 15) is 19.2 Å². The molecule has 3 amide bonds. The highest BCUT2D eigenvalue weighted by atomic mass is 79.9. The molecule has 0 spiro atoms. The van der Waals surface area contributed by atoms with Gasteiger partial charge in [-0.05, 0) is 77.4 Å². The van der Waals surface area contributed by atoms with Gasteiger partial charge in [0, 0.05) is 5.69 Å². The Bertz CT molecular complexity index is 1100. The van der Waals surface area contributed by atoms with Crippen LogP contribution in [0.1, 0.15) is 19.4 Å². The van der Waals surface area contributed by atoms with Crippen LogP contribution in [0.5, 0.6) is 5.75 Å². The Labute approximate surface area is 203 Å². The second-order valence-corrected chi connectivity index (χ2v) is 9.05. The Kier molecular flexibility index (Phi) is 8.29. The van der Waals surface area contributed by atoms with Crippen LogP contribution in [0.3, 0.4) is 0 Å². The summed E-state index contributed by atoms with van der Waals surface area (Å²) in [6.07, 6.45) is 1.21. The van der Waals surface area contributed by atoms with E-state index in [2.05, 4.69) is 21.2 Å². The molecule has 0 saturated carbocycles. The minimum Gasteiger partial charge on any atom is -0.483 e. The first kappa shape index (κ1) is 24.5. The fraction of sp³-hybridized carbons (Fsp3) is 0.217. The maximum absolute atomic E-state index is 12.5. The maximum atomic E-state index is 12.5. The van der Waals surface area contributed by atoms with E-state index in [4.69, 9.17) is 9.47 Å². The van der Waals surface area contributed by atoms with Gasteiger partial charge in [0.25, 0.3) is 17.1 Å². The minimum atomic E-state index is -0.644. The normalized spacial score (nSPS) is 14.7. The van der Waals surface area contributed by atoms with Gasteiger partial charge in [-0.1, -0.05) is 24.3 Å². The number of imide groups is 1. The summed E-state index contributed by atoms with van der Waals surface area (Å²) in [5, 5.41) is 2.20. The van der Waals surface area contributed by atoms with E-state index in [0.717, 1.165) is 16.7 Å². The average molecular weight is 533 g/mol. The second kappa shape index (κ2) is 11.2. The molecule has 1 heterocycles. The van der Waals surface area contributed by atoms with Crippen molar-refractivity contribution >= 4 is 62.5 Å². The number of anilines is 1. The number of ether oxygens (including phenoxy) is 2. The van der Waals surface area contributed by atoms with Gasteiger partial charge < -0.3 is 14.8 Å².